The van der Waals surface area contributed by atoms with Crippen molar-refractivity contribution in [2.45, 2.75) is 20.3 Å². The summed E-state index contributed by atoms with van der Waals surface area (Å²) < 4.78 is 16.3. The summed E-state index contributed by atoms with van der Waals surface area (Å²) in [5.41, 5.74) is 0.937. The van der Waals surface area contributed by atoms with Crippen LogP contribution in [0.1, 0.15) is 29.5 Å². The number of carbonyl (C=O) groups is 2. The summed E-state index contributed by atoms with van der Waals surface area (Å²) in [4.78, 5) is 40.6. The number of furan rings is 1. The van der Waals surface area contributed by atoms with Gasteiger partial charge in [-0.15, -0.1) is 0 Å². The Hall–Kier alpha value is -4.17. The number of rotatable bonds is 11. The van der Waals surface area contributed by atoms with Gasteiger partial charge in [0.25, 0.3) is 11.9 Å². The minimum atomic E-state index is -0.833. The third kappa shape index (κ3) is 9.37. The number of hydrogen-bond donors (Lipinski definition) is 4. The molecule has 0 aliphatic heterocycles. The van der Waals surface area contributed by atoms with Gasteiger partial charge in [0.15, 0.2) is 17.3 Å². The van der Waals surface area contributed by atoms with E-state index in [2.05, 4.69) is 40.8 Å². The summed E-state index contributed by atoms with van der Waals surface area (Å²) in [6.45, 7) is 4.48. The highest BCUT2D eigenvalue weighted by atomic mass is 35.5. The lowest BCUT2D eigenvalue weighted by Gasteiger charge is -2.14. The Morgan fingerprint density at radius 3 is 2.34 bits per heavy atom. The van der Waals surface area contributed by atoms with Crippen LogP contribution in [0, 0.1) is 6.92 Å². The summed E-state index contributed by atoms with van der Waals surface area (Å²) in [6, 6.07) is 3.10. The number of anilines is 4. The van der Waals surface area contributed by atoms with Crippen LogP contribution in [0.4, 0.5) is 23.3 Å². The molecule has 15 heteroatoms. The molecule has 3 rings (SSSR count). The molecule has 3 aromatic heterocycles. The third-order valence-corrected chi connectivity index (χ3v) is 4.73. The predicted octanol–water partition coefficient (Wildman–Crippen LogP) is 3.29. The smallest absolute Gasteiger partial charge is 0.300 e. The van der Waals surface area contributed by atoms with Crippen molar-refractivity contribution in [2.24, 2.45) is 0 Å². The topological polar surface area (TPSA) is 177 Å². The van der Waals surface area contributed by atoms with E-state index < -0.39 is 11.9 Å². The van der Waals surface area contributed by atoms with Gasteiger partial charge in [-0.25, -0.2) is 9.97 Å². The molecule has 0 atom stereocenters. The molecule has 4 N–H and O–H groups in total. The van der Waals surface area contributed by atoms with Crippen LogP contribution >= 0.6 is 11.6 Å². The van der Waals surface area contributed by atoms with Crippen molar-refractivity contribution in [2.75, 3.05) is 57.4 Å². The number of nitrogens with zero attached hydrogens (tertiary/aromatic N) is 5. The Bertz CT molecular complexity index is 1210. The molecular weight excluding hydrogens is 520 g/mol. The van der Waals surface area contributed by atoms with Crippen molar-refractivity contribution in [1.82, 2.24) is 24.8 Å². The van der Waals surface area contributed by atoms with Gasteiger partial charge in [-0.1, -0.05) is 0 Å². The Kier molecular flexibility index (Phi) is 11.5. The van der Waals surface area contributed by atoms with E-state index in [0.29, 0.717) is 24.2 Å². The van der Waals surface area contributed by atoms with Crippen molar-refractivity contribution in [3.05, 3.63) is 34.9 Å². The van der Waals surface area contributed by atoms with Crippen LogP contribution in [-0.2, 0) is 4.79 Å². The number of aliphatic carboxylic acids is 1. The number of aromatic nitrogens is 4. The normalized spacial score (nSPS) is 10.3. The maximum absolute atomic E-state index is 12.8. The first-order valence-corrected chi connectivity index (χ1v) is 11.7. The number of carboxylic acid groups (broad SMARTS) is 1. The lowest BCUT2D eigenvalue weighted by atomic mass is 10.3. The van der Waals surface area contributed by atoms with Crippen molar-refractivity contribution in [3.8, 4) is 11.8 Å². The second kappa shape index (κ2) is 14.5. The molecule has 0 bridgehead atoms. The quantitative estimate of drug-likeness (QED) is 0.202. The van der Waals surface area contributed by atoms with E-state index in [9.17, 15) is 4.79 Å². The molecule has 38 heavy (non-hydrogen) atoms. The maximum atomic E-state index is 12.8. The van der Waals surface area contributed by atoms with Gasteiger partial charge < -0.3 is 39.8 Å². The van der Waals surface area contributed by atoms with Gasteiger partial charge in [0.1, 0.15) is 5.82 Å². The first kappa shape index (κ1) is 30.1. The van der Waals surface area contributed by atoms with Crippen molar-refractivity contribution >= 4 is 46.8 Å². The highest BCUT2D eigenvalue weighted by Crippen LogP contribution is 2.33. The molecule has 0 saturated heterocycles. The van der Waals surface area contributed by atoms with Gasteiger partial charge in [0.05, 0.1) is 14.2 Å². The fourth-order valence-electron chi connectivity index (χ4n) is 2.86. The molecular formula is C23H31ClN8O6. The van der Waals surface area contributed by atoms with Crippen LogP contribution in [0.25, 0.3) is 0 Å². The van der Waals surface area contributed by atoms with E-state index in [-0.39, 0.29) is 28.5 Å². The first-order valence-electron chi connectivity index (χ1n) is 11.3. The Balaban J connectivity index is 0.00000118. The highest BCUT2D eigenvalue weighted by Gasteiger charge is 2.21. The molecule has 0 unspecified atom stereocenters. The van der Waals surface area contributed by atoms with Crippen LogP contribution in [-0.4, -0.2) is 83.2 Å². The van der Waals surface area contributed by atoms with Gasteiger partial charge in [-0.3, -0.25) is 9.59 Å². The molecule has 3 heterocycles. The average molecular weight is 551 g/mol. The number of methoxy groups -OCH3 is 2. The summed E-state index contributed by atoms with van der Waals surface area (Å²) in [6.07, 6.45) is 2.47. The Morgan fingerprint density at radius 1 is 1.13 bits per heavy atom. The van der Waals surface area contributed by atoms with Crippen LogP contribution in [0.15, 0.2) is 22.7 Å². The van der Waals surface area contributed by atoms with Crippen LogP contribution in [0.5, 0.6) is 11.8 Å². The van der Waals surface area contributed by atoms with Crippen molar-refractivity contribution < 1.29 is 28.6 Å². The van der Waals surface area contributed by atoms with E-state index in [1.165, 1.54) is 20.3 Å². The number of ether oxygens (including phenoxy) is 2. The number of carbonyl (C=O) groups excluding carboxylic acids is 1. The Labute approximate surface area is 224 Å². The third-order valence-electron chi connectivity index (χ3n) is 4.55. The van der Waals surface area contributed by atoms with Crippen molar-refractivity contribution in [3.63, 3.8) is 0 Å². The molecule has 0 aromatic carbocycles. The molecule has 0 fully saturated rings. The van der Waals surface area contributed by atoms with E-state index in [4.69, 9.17) is 35.4 Å². The zero-order valence-electron chi connectivity index (χ0n) is 22.0. The largest absolute Gasteiger partial charge is 0.481 e. The fraction of sp³-hybridized carbons (Fsp3) is 0.391. The maximum Gasteiger partial charge on any atom is 0.300 e. The number of aryl methyl sites for hydroxylation is 1. The van der Waals surface area contributed by atoms with E-state index in [1.807, 2.05) is 21.0 Å². The Morgan fingerprint density at radius 2 is 1.76 bits per heavy atom. The molecule has 0 radical (unpaired) electrons. The molecule has 0 saturated carbocycles. The molecule has 206 valence electrons. The summed E-state index contributed by atoms with van der Waals surface area (Å²) in [5.74, 6) is 0.0432. The van der Waals surface area contributed by atoms with Gasteiger partial charge in [0.2, 0.25) is 23.0 Å². The van der Waals surface area contributed by atoms with Gasteiger partial charge in [-0.05, 0) is 51.7 Å². The lowest BCUT2D eigenvalue weighted by molar-refractivity contribution is -0.134. The van der Waals surface area contributed by atoms with Crippen LogP contribution in [0.2, 0.25) is 5.28 Å². The van der Waals surface area contributed by atoms with Gasteiger partial charge in [-0.2, -0.15) is 9.97 Å². The molecule has 3 aromatic rings. The summed E-state index contributed by atoms with van der Waals surface area (Å²) in [5, 5.41) is 16.3. The molecule has 0 spiro atoms. The van der Waals surface area contributed by atoms with Gasteiger partial charge >= 0.3 is 0 Å². The number of nitrogens with one attached hydrogen (secondary N) is 3. The first-order chi connectivity index (χ1) is 18.0. The number of halogens is 1. The number of hydrogen-bond acceptors (Lipinski definition) is 12. The standard InChI is InChI=1S/C21H27ClN8O4.C2H4O2/c1-12-11-24-20(22)27-16(12)25-14-8-7-13(34-14)17(31)26-15-18(32-4)28-21(29-19(15)33-5)23-9-6-10-30(2)3;1-2(3)4/h7-8,11H,6,9-10H2,1-5H3,(H,26,31)(H,23,28,29)(H,24,25,27);1H3,(H,3,4). The van der Waals surface area contributed by atoms with Crippen LogP contribution in [0.3, 0.4) is 0 Å². The second-order valence-electron chi connectivity index (χ2n) is 7.96. The highest BCUT2D eigenvalue weighted by molar-refractivity contribution is 6.28. The molecule has 1 amide bonds. The summed E-state index contributed by atoms with van der Waals surface area (Å²) in [7, 11) is 6.89. The minimum Gasteiger partial charge on any atom is -0.481 e. The SMILES string of the molecule is CC(=O)O.COc1nc(NCCCN(C)C)nc(OC)c1NC(=O)c1ccc(Nc2nc(Cl)ncc2C)o1. The van der Waals surface area contributed by atoms with E-state index in [1.54, 1.807) is 12.3 Å². The molecule has 0 aliphatic carbocycles. The second-order valence-corrected chi connectivity index (χ2v) is 8.30. The van der Waals surface area contributed by atoms with E-state index in [0.717, 1.165) is 25.5 Å². The number of amides is 1. The van der Waals surface area contributed by atoms with Gasteiger partial charge in [0, 0.05) is 31.3 Å². The fourth-order valence-corrected chi connectivity index (χ4v) is 3.00. The molecule has 0 aliphatic rings. The zero-order chi connectivity index (χ0) is 28.2. The molecule has 14 nitrogen and oxygen atoms in total. The zero-order valence-corrected chi connectivity index (χ0v) is 22.7. The summed E-state index contributed by atoms with van der Waals surface area (Å²) >= 11 is 5.85. The van der Waals surface area contributed by atoms with Crippen LogP contribution < -0.4 is 25.4 Å². The average Bonchev–Trinajstić information content (AvgIpc) is 3.32. The van der Waals surface area contributed by atoms with E-state index >= 15 is 0 Å². The minimum absolute atomic E-state index is 0.0373. The van der Waals surface area contributed by atoms with Crippen molar-refractivity contribution in [1.29, 1.82) is 0 Å². The number of carboxylic acids is 1. The predicted molar refractivity (Wildman–Crippen MR) is 142 cm³/mol. The lowest BCUT2D eigenvalue weighted by Crippen LogP contribution is -2.18. The monoisotopic (exact) mass is 550 g/mol.